The molecule has 1 aromatic heterocycles. The fourth-order valence-corrected chi connectivity index (χ4v) is 2.48. The Hall–Kier alpha value is -3.48. The number of benzene rings is 2. The Morgan fingerprint density at radius 1 is 1.08 bits per heavy atom. The predicted octanol–water partition coefficient (Wildman–Crippen LogP) is 3.45. The third kappa shape index (κ3) is 3.77. The summed E-state index contributed by atoms with van der Waals surface area (Å²) in [6.45, 7) is 2.05. The van der Waals surface area contributed by atoms with Gasteiger partial charge in [0.05, 0.1) is 17.9 Å². The maximum absolute atomic E-state index is 11.6. The average molecular weight is 350 g/mol. The molecule has 0 spiro atoms. The first-order chi connectivity index (χ1) is 12.4. The summed E-state index contributed by atoms with van der Waals surface area (Å²) in [5, 5.41) is 31.5. The lowest BCUT2D eigenvalue weighted by Gasteiger charge is -2.06. The van der Waals surface area contributed by atoms with Crippen molar-refractivity contribution in [3.8, 4) is 22.8 Å². The molecule has 0 saturated carbocycles. The van der Waals surface area contributed by atoms with Gasteiger partial charge in [-0.05, 0) is 36.8 Å². The Kier molecular flexibility index (Phi) is 4.79. The summed E-state index contributed by atoms with van der Waals surface area (Å²) in [4.78, 5) is 11.6. The van der Waals surface area contributed by atoms with Gasteiger partial charge in [-0.3, -0.25) is 4.79 Å². The molecule has 3 rings (SSSR count). The van der Waals surface area contributed by atoms with Crippen LogP contribution in [0.2, 0.25) is 0 Å². The van der Waals surface area contributed by atoms with E-state index in [4.69, 9.17) is 0 Å². The van der Waals surface area contributed by atoms with E-state index in [1.165, 1.54) is 16.8 Å². The molecular formula is C19H18N4O3. The van der Waals surface area contributed by atoms with Crippen molar-refractivity contribution in [3.63, 3.8) is 0 Å². The van der Waals surface area contributed by atoms with Crippen LogP contribution in [0.5, 0.6) is 11.5 Å². The molecule has 0 fully saturated rings. The number of nitrogens with zero attached hydrogens (tertiary/aromatic N) is 4. The molecule has 0 unspecified atom stereocenters. The van der Waals surface area contributed by atoms with Gasteiger partial charge in [0.15, 0.2) is 0 Å². The van der Waals surface area contributed by atoms with E-state index < -0.39 is 0 Å². The van der Waals surface area contributed by atoms with Crippen LogP contribution in [0.25, 0.3) is 11.3 Å². The van der Waals surface area contributed by atoms with E-state index >= 15 is 0 Å². The van der Waals surface area contributed by atoms with Crippen LogP contribution in [-0.4, -0.2) is 20.0 Å². The lowest BCUT2D eigenvalue weighted by molar-refractivity contribution is 0.446. The molecule has 0 aliphatic rings. The number of phenolic OH excluding ortho intramolecular Hbond substituents is 2. The summed E-state index contributed by atoms with van der Waals surface area (Å²) in [5.74, 6) is -0.0170. The van der Waals surface area contributed by atoms with Crippen molar-refractivity contribution >= 4 is 5.69 Å². The molecule has 2 N–H and O–H groups in total. The van der Waals surface area contributed by atoms with Crippen LogP contribution in [0.3, 0.4) is 0 Å². The van der Waals surface area contributed by atoms with Crippen LogP contribution in [0.1, 0.15) is 11.1 Å². The summed E-state index contributed by atoms with van der Waals surface area (Å²) in [7, 11) is 1.62. The minimum atomic E-state index is -0.144. The first kappa shape index (κ1) is 17.3. The maximum Gasteiger partial charge on any atom is 0.266 e. The van der Waals surface area contributed by atoms with Crippen LogP contribution >= 0.6 is 0 Å². The normalized spacial score (nSPS) is 11.2. The SMILES string of the molecule is Cc1cc(=O)n(C)nc1-c1ccc(N=NCc2ccc(O)cc2O)cc1. The highest BCUT2D eigenvalue weighted by molar-refractivity contribution is 5.64. The number of azo groups is 1. The summed E-state index contributed by atoms with van der Waals surface area (Å²) in [6, 6.07) is 13.3. The van der Waals surface area contributed by atoms with E-state index in [1.54, 1.807) is 19.2 Å². The standard InChI is InChI=1S/C19H18N4O3/c1-12-9-18(26)23(2)22-19(12)13-3-6-15(7-4-13)21-20-11-14-5-8-16(24)10-17(14)25/h3-10,24-25H,11H2,1-2H3. The molecule has 0 amide bonds. The summed E-state index contributed by atoms with van der Waals surface area (Å²) >= 11 is 0. The molecule has 0 saturated heterocycles. The Balaban J connectivity index is 1.75. The molecule has 1 heterocycles. The lowest BCUT2D eigenvalue weighted by atomic mass is 10.1. The molecule has 26 heavy (non-hydrogen) atoms. The van der Waals surface area contributed by atoms with Crippen LogP contribution in [0.15, 0.2) is 63.6 Å². The van der Waals surface area contributed by atoms with Crippen molar-refractivity contribution in [2.24, 2.45) is 17.3 Å². The van der Waals surface area contributed by atoms with Gasteiger partial charge >= 0.3 is 0 Å². The maximum atomic E-state index is 11.6. The Morgan fingerprint density at radius 3 is 2.50 bits per heavy atom. The lowest BCUT2D eigenvalue weighted by Crippen LogP contribution is -2.19. The van der Waals surface area contributed by atoms with Crippen LogP contribution < -0.4 is 5.56 Å². The molecule has 0 aliphatic heterocycles. The van der Waals surface area contributed by atoms with Crippen LogP contribution in [0, 0.1) is 6.92 Å². The van der Waals surface area contributed by atoms with E-state index in [1.807, 2.05) is 31.2 Å². The molecule has 2 aromatic carbocycles. The van der Waals surface area contributed by atoms with Gasteiger partial charge in [-0.15, -0.1) is 0 Å². The van der Waals surface area contributed by atoms with Gasteiger partial charge in [0, 0.05) is 30.3 Å². The molecule has 0 bridgehead atoms. The Morgan fingerprint density at radius 2 is 1.81 bits per heavy atom. The zero-order valence-corrected chi connectivity index (χ0v) is 14.4. The first-order valence-electron chi connectivity index (χ1n) is 7.98. The fourth-order valence-electron chi connectivity index (χ4n) is 2.48. The van der Waals surface area contributed by atoms with Crippen molar-refractivity contribution in [3.05, 3.63) is 70.0 Å². The molecule has 132 valence electrons. The molecule has 3 aromatic rings. The van der Waals surface area contributed by atoms with Crippen molar-refractivity contribution in [1.82, 2.24) is 9.78 Å². The van der Waals surface area contributed by atoms with E-state index in [-0.39, 0.29) is 23.6 Å². The molecule has 0 aliphatic carbocycles. The largest absolute Gasteiger partial charge is 0.508 e. The molecule has 0 atom stereocenters. The van der Waals surface area contributed by atoms with Crippen molar-refractivity contribution < 1.29 is 10.2 Å². The van der Waals surface area contributed by atoms with Gasteiger partial charge in [-0.25, -0.2) is 4.68 Å². The molecule has 7 heteroatoms. The molecule has 7 nitrogen and oxygen atoms in total. The summed E-state index contributed by atoms with van der Waals surface area (Å²) in [5.41, 5.74) is 3.53. The first-order valence-corrected chi connectivity index (χ1v) is 7.98. The smallest absolute Gasteiger partial charge is 0.266 e. The zero-order valence-electron chi connectivity index (χ0n) is 14.4. The second-order valence-electron chi connectivity index (χ2n) is 5.90. The van der Waals surface area contributed by atoms with Gasteiger partial charge < -0.3 is 10.2 Å². The van der Waals surface area contributed by atoms with Gasteiger partial charge in [0.25, 0.3) is 5.56 Å². The number of aromatic hydroxyl groups is 2. The second-order valence-corrected chi connectivity index (χ2v) is 5.90. The van der Waals surface area contributed by atoms with E-state index in [0.717, 1.165) is 16.8 Å². The minimum Gasteiger partial charge on any atom is -0.508 e. The number of phenols is 2. The third-order valence-electron chi connectivity index (χ3n) is 3.92. The number of hydrogen-bond donors (Lipinski definition) is 2. The van der Waals surface area contributed by atoms with Gasteiger partial charge in [-0.1, -0.05) is 12.1 Å². The average Bonchev–Trinajstić information content (AvgIpc) is 2.61. The summed E-state index contributed by atoms with van der Waals surface area (Å²) < 4.78 is 1.31. The monoisotopic (exact) mass is 350 g/mol. The number of aromatic nitrogens is 2. The van der Waals surface area contributed by atoms with Gasteiger partial charge in [0.1, 0.15) is 11.5 Å². The highest BCUT2D eigenvalue weighted by Gasteiger charge is 2.06. The Bertz CT molecular complexity index is 1020. The van der Waals surface area contributed by atoms with E-state index in [0.29, 0.717) is 11.3 Å². The van der Waals surface area contributed by atoms with Crippen molar-refractivity contribution in [1.29, 1.82) is 0 Å². The van der Waals surface area contributed by atoms with Crippen molar-refractivity contribution in [2.45, 2.75) is 13.5 Å². The minimum absolute atomic E-state index is 0.00101. The Labute approximate surface area is 149 Å². The van der Waals surface area contributed by atoms with E-state index in [2.05, 4.69) is 15.3 Å². The highest BCUT2D eigenvalue weighted by atomic mass is 16.3. The van der Waals surface area contributed by atoms with Crippen molar-refractivity contribution in [2.75, 3.05) is 0 Å². The number of hydrogen-bond acceptors (Lipinski definition) is 6. The second kappa shape index (κ2) is 7.18. The van der Waals surface area contributed by atoms with Crippen LogP contribution in [0.4, 0.5) is 5.69 Å². The number of rotatable bonds is 4. The zero-order chi connectivity index (χ0) is 18.7. The van der Waals surface area contributed by atoms with E-state index in [9.17, 15) is 15.0 Å². The third-order valence-corrected chi connectivity index (χ3v) is 3.92. The highest BCUT2D eigenvalue weighted by Crippen LogP contribution is 2.25. The van der Waals surface area contributed by atoms with Gasteiger partial charge in [-0.2, -0.15) is 15.3 Å². The predicted molar refractivity (Wildman–Crippen MR) is 97.6 cm³/mol. The molecular weight excluding hydrogens is 332 g/mol. The topological polar surface area (TPSA) is 100 Å². The molecule has 0 radical (unpaired) electrons. The summed E-state index contributed by atoms with van der Waals surface area (Å²) in [6.07, 6.45) is 0. The fraction of sp³-hybridized carbons (Fsp3) is 0.158. The number of aryl methyl sites for hydroxylation is 2. The van der Waals surface area contributed by atoms with Gasteiger partial charge in [0.2, 0.25) is 0 Å². The van der Waals surface area contributed by atoms with Crippen LogP contribution in [-0.2, 0) is 13.6 Å². The quantitative estimate of drug-likeness (QED) is 0.704.